The van der Waals surface area contributed by atoms with Crippen LogP contribution in [0, 0.1) is 17.1 Å². The molecule has 0 aliphatic carbocycles. The molecule has 0 aliphatic heterocycles. The number of aromatic nitrogens is 1. The summed E-state index contributed by atoms with van der Waals surface area (Å²) >= 11 is 6.77. The fraction of sp³-hybridized carbons (Fsp3) is 0.0909. The third-order valence-electron chi connectivity index (χ3n) is 2.06. The number of nitrogens with zero attached hydrogens (tertiary/aromatic N) is 2. The van der Waals surface area contributed by atoms with Crippen LogP contribution in [0.1, 0.15) is 10.4 Å². The van der Waals surface area contributed by atoms with Crippen LogP contribution in [0.2, 0.25) is 5.15 Å². The van der Waals surface area contributed by atoms with Gasteiger partial charge in [0.25, 0.3) is 5.19 Å². The highest BCUT2D eigenvalue weighted by Crippen LogP contribution is 2.33. The van der Waals surface area contributed by atoms with Crippen molar-refractivity contribution in [2.24, 2.45) is 0 Å². The van der Waals surface area contributed by atoms with E-state index in [2.05, 4.69) is 4.98 Å². The van der Waals surface area contributed by atoms with Crippen molar-refractivity contribution in [1.29, 1.82) is 5.26 Å². The number of rotatable bonds is 3. The van der Waals surface area contributed by atoms with Gasteiger partial charge in [0.05, 0.1) is 11.5 Å². The average Bonchev–Trinajstić information content (AvgIpc) is 2.70. The molecule has 0 aliphatic rings. The highest BCUT2D eigenvalue weighted by atomic mass is 35.5. The van der Waals surface area contributed by atoms with Gasteiger partial charge in [0.2, 0.25) is 0 Å². The van der Waals surface area contributed by atoms with Gasteiger partial charge in [-0.15, -0.1) is 0 Å². The number of ether oxygens (including phenoxy) is 1. The third-order valence-corrected chi connectivity index (χ3v) is 3.40. The molecular weight excluding hydrogens is 279 g/mol. The number of hydrogen-bond donors (Lipinski definition) is 1. The SMILES string of the molecule is N#Cc1c(F)cccc1Oc1nc(Cl)c(CO)s1. The van der Waals surface area contributed by atoms with Crippen LogP contribution in [0.15, 0.2) is 18.2 Å². The summed E-state index contributed by atoms with van der Waals surface area (Å²) in [5, 5.41) is 18.1. The van der Waals surface area contributed by atoms with Crippen LogP contribution >= 0.6 is 22.9 Å². The zero-order valence-corrected chi connectivity index (χ0v) is 10.4. The maximum Gasteiger partial charge on any atom is 0.280 e. The lowest BCUT2D eigenvalue weighted by Crippen LogP contribution is -1.90. The van der Waals surface area contributed by atoms with Crippen LogP contribution in [0.3, 0.4) is 0 Å². The van der Waals surface area contributed by atoms with Crippen LogP contribution in [0.5, 0.6) is 10.9 Å². The number of benzene rings is 1. The Morgan fingerprint density at radius 1 is 1.56 bits per heavy atom. The minimum absolute atomic E-state index is 0.0624. The quantitative estimate of drug-likeness (QED) is 0.940. The molecule has 18 heavy (non-hydrogen) atoms. The molecule has 0 bridgehead atoms. The van der Waals surface area contributed by atoms with E-state index in [0.717, 1.165) is 11.3 Å². The zero-order valence-electron chi connectivity index (χ0n) is 8.85. The average molecular weight is 285 g/mol. The van der Waals surface area contributed by atoms with E-state index in [4.69, 9.17) is 26.7 Å². The van der Waals surface area contributed by atoms with E-state index in [1.807, 2.05) is 0 Å². The first kappa shape index (κ1) is 12.8. The zero-order chi connectivity index (χ0) is 13.1. The van der Waals surface area contributed by atoms with E-state index < -0.39 is 5.82 Å². The lowest BCUT2D eigenvalue weighted by atomic mass is 10.2. The van der Waals surface area contributed by atoms with E-state index >= 15 is 0 Å². The maximum absolute atomic E-state index is 13.3. The molecule has 4 nitrogen and oxygen atoms in total. The standard InChI is InChI=1S/C11H6ClFN2O2S/c12-10-9(5-16)18-11(15-10)17-8-3-1-2-7(13)6(8)4-14/h1-3,16H,5H2. The number of hydrogen-bond acceptors (Lipinski definition) is 5. The van der Waals surface area contributed by atoms with Gasteiger partial charge in [-0.1, -0.05) is 29.0 Å². The largest absolute Gasteiger partial charge is 0.429 e. The summed E-state index contributed by atoms with van der Waals surface area (Å²) in [5.41, 5.74) is -0.200. The number of aliphatic hydroxyl groups is 1. The highest BCUT2D eigenvalue weighted by Gasteiger charge is 2.14. The number of aliphatic hydroxyl groups excluding tert-OH is 1. The van der Waals surface area contributed by atoms with Crippen molar-refractivity contribution >= 4 is 22.9 Å². The van der Waals surface area contributed by atoms with Crippen molar-refractivity contribution in [3.8, 4) is 17.0 Å². The van der Waals surface area contributed by atoms with E-state index in [9.17, 15) is 4.39 Å². The fourth-order valence-electron chi connectivity index (χ4n) is 1.25. The van der Waals surface area contributed by atoms with Crippen molar-refractivity contribution in [3.63, 3.8) is 0 Å². The van der Waals surface area contributed by atoms with Gasteiger partial charge in [0.15, 0.2) is 5.75 Å². The summed E-state index contributed by atoms with van der Waals surface area (Å²) < 4.78 is 18.6. The lowest BCUT2D eigenvalue weighted by molar-refractivity contribution is 0.285. The third kappa shape index (κ3) is 2.43. The molecule has 0 saturated heterocycles. The first-order valence-corrected chi connectivity index (χ1v) is 5.97. The Labute approximate surface area is 111 Å². The normalized spacial score (nSPS) is 10.1. The molecule has 0 unspecified atom stereocenters. The van der Waals surface area contributed by atoms with Crippen LogP contribution in [0.4, 0.5) is 4.39 Å². The molecule has 0 atom stereocenters. The van der Waals surface area contributed by atoms with Gasteiger partial charge in [0.1, 0.15) is 22.6 Å². The Hall–Kier alpha value is -1.68. The summed E-state index contributed by atoms with van der Waals surface area (Å²) in [4.78, 5) is 4.30. The Morgan fingerprint density at radius 2 is 2.33 bits per heavy atom. The monoisotopic (exact) mass is 284 g/mol. The van der Waals surface area contributed by atoms with Crippen LogP contribution in [-0.2, 0) is 6.61 Å². The van der Waals surface area contributed by atoms with Crippen LogP contribution in [-0.4, -0.2) is 10.1 Å². The van der Waals surface area contributed by atoms with Gasteiger partial charge in [-0.2, -0.15) is 10.2 Å². The molecule has 7 heteroatoms. The van der Waals surface area contributed by atoms with Crippen molar-refractivity contribution in [2.45, 2.75) is 6.61 Å². The molecule has 0 amide bonds. The Bertz CT molecular complexity index is 624. The van der Waals surface area contributed by atoms with Crippen molar-refractivity contribution in [2.75, 3.05) is 0 Å². The van der Waals surface area contributed by atoms with Crippen LogP contribution in [0.25, 0.3) is 0 Å². The molecular formula is C11H6ClFN2O2S. The van der Waals surface area contributed by atoms with Crippen molar-refractivity contribution in [1.82, 2.24) is 4.98 Å². The predicted molar refractivity (Wildman–Crippen MR) is 64.2 cm³/mol. The van der Waals surface area contributed by atoms with Crippen LogP contribution < -0.4 is 4.74 Å². The van der Waals surface area contributed by atoms with Gasteiger partial charge < -0.3 is 9.84 Å². The second-order valence-electron chi connectivity index (χ2n) is 3.18. The molecule has 0 radical (unpaired) electrons. The number of nitriles is 1. The molecule has 1 aromatic carbocycles. The molecule has 2 rings (SSSR count). The van der Waals surface area contributed by atoms with E-state index in [0.29, 0.717) is 4.88 Å². The summed E-state index contributed by atoms with van der Waals surface area (Å²) in [7, 11) is 0. The molecule has 1 heterocycles. The Kier molecular flexibility index (Phi) is 3.77. The lowest BCUT2D eigenvalue weighted by Gasteiger charge is -2.03. The molecule has 1 aromatic heterocycles. The van der Waals surface area contributed by atoms with Gasteiger partial charge in [-0.05, 0) is 12.1 Å². The highest BCUT2D eigenvalue weighted by molar-refractivity contribution is 7.13. The Balaban J connectivity index is 2.34. The topological polar surface area (TPSA) is 66.1 Å². The smallest absolute Gasteiger partial charge is 0.280 e. The van der Waals surface area contributed by atoms with Gasteiger partial charge in [-0.3, -0.25) is 0 Å². The fourth-order valence-corrected chi connectivity index (χ4v) is 2.22. The summed E-state index contributed by atoms with van der Waals surface area (Å²) in [6.45, 7) is -0.256. The molecule has 92 valence electrons. The second-order valence-corrected chi connectivity index (χ2v) is 4.58. The second kappa shape index (κ2) is 5.31. The first-order valence-electron chi connectivity index (χ1n) is 4.78. The Morgan fingerprint density at radius 3 is 2.94 bits per heavy atom. The van der Waals surface area contributed by atoms with Gasteiger partial charge in [0, 0.05) is 0 Å². The molecule has 0 fully saturated rings. The summed E-state index contributed by atoms with van der Waals surface area (Å²) in [5.74, 6) is -0.604. The van der Waals surface area contributed by atoms with E-state index in [1.165, 1.54) is 18.2 Å². The molecule has 0 saturated carbocycles. The predicted octanol–water partition coefficient (Wildman–Crippen LogP) is 3.09. The van der Waals surface area contributed by atoms with Gasteiger partial charge in [-0.25, -0.2) is 4.39 Å². The molecule has 0 spiro atoms. The van der Waals surface area contributed by atoms with Gasteiger partial charge >= 0.3 is 0 Å². The minimum Gasteiger partial charge on any atom is -0.429 e. The molecule has 2 aromatic rings. The molecule has 1 N–H and O–H groups in total. The van der Waals surface area contributed by atoms with Crippen molar-refractivity contribution in [3.05, 3.63) is 39.6 Å². The number of halogens is 2. The van der Waals surface area contributed by atoms with E-state index in [-0.39, 0.29) is 28.3 Å². The summed E-state index contributed by atoms with van der Waals surface area (Å²) in [6.07, 6.45) is 0. The van der Waals surface area contributed by atoms with E-state index in [1.54, 1.807) is 6.07 Å². The summed E-state index contributed by atoms with van der Waals surface area (Å²) in [6, 6.07) is 5.76. The maximum atomic E-state index is 13.3. The first-order chi connectivity index (χ1) is 8.65. The van der Waals surface area contributed by atoms with Crippen molar-refractivity contribution < 1.29 is 14.2 Å². The number of thiazole rings is 1. The minimum atomic E-state index is -0.667.